The van der Waals surface area contributed by atoms with Crippen LogP contribution < -0.4 is 10.2 Å². The first kappa shape index (κ1) is 31.5. The summed E-state index contributed by atoms with van der Waals surface area (Å²) in [6.45, 7) is -0.197. The Bertz CT molecular complexity index is 1680. The average Bonchev–Trinajstić information content (AvgIpc) is 2.98. The van der Waals surface area contributed by atoms with Crippen LogP contribution >= 0.6 is 11.6 Å². The molecule has 3 aromatic rings. The van der Waals surface area contributed by atoms with Gasteiger partial charge in [-0.15, -0.1) is 0 Å². The van der Waals surface area contributed by atoms with Gasteiger partial charge in [-0.3, -0.25) is 14.4 Å². The van der Waals surface area contributed by atoms with Crippen LogP contribution in [0.4, 0.5) is 0 Å². The number of sulfonamides is 1. The van der Waals surface area contributed by atoms with Gasteiger partial charge >= 0.3 is 5.97 Å². The van der Waals surface area contributed by atoms with Gasteiger partial charge in [0.2, 0.25) is 10.0 Å². The minimum Gasteiger partial charge on any atom is -0.507 e. The maximum absolute atomic E-state index is 14.3. The molecular weight excluding hydrogens is 610 g/mol. The van der Waals surface area contributed by atoms with Gasteiger partial charge in [-0.2, -0.15) is 0 Å². The summed E-state index contributed by atoms with van der Waals surface area (Å²) < 4.78 is 27.4. The lowest BCUT2D eigenvalue weighted by Crippen LogP contribution is -2.59. The lowest BCUT2D eigenvalue weighted by atomic mass is 9.76. The number of hydroxylamine groups is 1. The molecule has 1 heterocycles. The number of carboxylic acid groups (broad SMARTS) is 1. The minimum atomic E-state index is -3.60. The number of aromatic carboxylic acids is 1. The van der Waals surface area contributed by atoms with Crippen LogP contribution in [-0.4, -0.2) is 59.7 Å². The summed E-state index contributed by atoms with van der Waals surface area (Å²) in [4.78, 5) is 46.9. The van der Waals surface area contributed by atoms with E-state index in [1.165, 1.54) is 18.2 Å². The highest BCUT2D eigenvalue weighted by Gasteiger charge is 2.49. The summed E-state index contributed by atoms with van der Waals surface area (Å²) in [7, 11) is -3.60. The molecule has 44 heavy (non-hydrogen) atoms. The normalized spacial score (nSPS) is 21.9. The van der Waals surface area contributed by atoms with Gasteiger partial charge in [0, 0.05) is 22.7 Å². The van der Waals surface area contributed by atoms with Crippen molar-refractivity contribution in [3.63, 3.8) is 0 Å². The van der Waals surface area contributed by atoms with Crippen LogP contribution in [0.3, 0.4) is 0 Å². The van der Waals surface area contributed by atoms with Gasteiger partial charge in [-0.1, -0.05) is 60.8 Å². The van der Waals surface area contributed by atoms with E-state index in [9.17, 15) is 33.0 Å². The highest BCUT2D eigenvalue weighted by molar-refractivity contribution is 7.88. The van der Waals surface area contributed by atoms with E-state index in [1.54, 1.807) is 53.4 Å². The highest BCUT2D eigenvalue weighted by atomic mass is 35.5. The monoisotopic (exact) mass is 641 g/mol. The van der Waals surface area contributed by atoms with E-state index in [0.29, 0.717) is 40.1 Å². The Hall–Kier alpha value is -3.97. The fourth-order valence-corrected chi connectivity index (χ4v) is 7.12. The Kier molecular flexibility index (Phi) is 9.26. The molecule has 2 amide bonds. The molecule has 4 N–H and O–H groups in total. The van der Waals surface area contributed by atoms with Gasteiger partial charge in [0.15, 0.2) is 0 Å². The van der Waals surface area contributed by atoms with Crippen LogP contribution in [0, 0.1) is 0 Å². The van der Waals surface area contributed by atoms with Gasteiger partial charge in [0.05, 0.1) is 24.8 Å². The van der Waals surface area contributed by atoms with Crippen molar-refractivity contribution in [1.82, 2.24) is 15.1 Å². The molecule has 3 aromatic carbocycles. The molecular formula is C31H32ClN3O8S. The summed E-state index contributed by atoms with van der Waals surface area (Å²) in [5.41, 5.74) is 4.01. The zero-order valence-electron chi connectivity index (χ0n) is 23.8. The second-order valence-electron chi connectivity index (χ2n) is 11.0. The number of halogens is 1. The number of carbonyl (C=O) groups excluding carboxylic acids is 2. The molecule has 11 nitrogen and oxygen atoms in total. The molecule has 1 aliphatic heterocycles. The SMILES string of the molecule is CS(=O)(=O)N[C@H]1CCCC[C@@H]1N1C(=O)c2ccccc2[C@@H](C(=O)NOCc2ccc(O)c(C(=O)O)c2)[C@@H]1c1ccc(Cl)cc1. The van der Waals surface area contributed by atoms with Gasteiger partial charge in [0.25, 0.3) is 11.8 Å². The van der Waals surface area contributed by atoms with Crippen molar-refractivity contribution in [1.29, 1.82) is 0 Å². The van der Waals surface area contributed by atoms with Gasteiger partial charge in [-0.05, 0) is 59.9 Å². The number of nitrogens with one attached hydrogen (secondary N) is 2. The Morgan fingerprint density at radius 3 is 2.45 bits per heavy atom. The number of benzene rings is 3. The molecule has 232 valence electrons. The average molecular weight is 642 g/mol. The van der Waals surface area contributed by atoms with E-state index >= 15 is 0 Å². The van der Waals surface area contributed by atoms with Crippen LogP contribution in [0.2, 0.25) is 5.02 Å². The fourth-order valence-electron chi connectivity index (χ4n) is 6.17. The van der Waals surface area contributed by atoms with E-state index in [0.717, 1.165) is 19.1 Å². The van der Waals surface area contributed by atoms with Gasteiger partial charge in [-0.25, -0.2) is 23.4 Å². The molecule has 13 heteroatoms. The number of hydrogen-bond donors (Lipinski definition) is 4. The molecule has 1 fully saturated rings. The molecule has 2 aliphatic rings. The van der Waals surface area contributed by atoms with Crippen LogP contribution in [0.5, 0.6) is 5.75 Å². The van der Waals surface area contributed by atoms with E-state index < -0.39 is 51.7 Å². The summed E-state index contributed by atoms with van der Waals surface area (Å²) >= 11 is 6.20. The second-order valence-corrected chi connectivity index (χ2v) is 13.3. The van der Waals surface area contributed by atoms with Crippen molar-refractivity contribution in [2.45, 2.75) is 56.3 Å². The lowest BCUT2D eigenvalue weighted by molar-refractivity contribution is -0.138. The zero-order valence-corrected chi connectivity index (χ0v) is 25.3. The van der Waals surface area contributed by atoms with Gasteiger partial charge in [0.1, 0.15) is 11.3 Å². The number of carboxylic acids is 1. The molecule has 1 aliphatic carbocycles. The van der Waals surface area contributed by atoms with Crippen LogP contribution in [0.25, 0.3) is 0 Å². The van der Waals surface area contributed by atoms with Crippen molar-refractivity contribution >= 4 is 39.4 Å². The fraction of sp³-hybridized carbons (Fsp3) is 0.323. The van der Waals surface area contributed by atoms with Gasteiger partial charge < -0.3 is 15.1 Å². The number of fused-ring (bicyclic) bond motifs is 1. The van der Waals surface area contributed by atoms with Crippen LogP contribution in [-0.2, 0) is 26.3 Å². The maximum Gasteiger partial charge on any atom is 0.339 e. The van der Waals surface area contributed by atoms with E-state index in [2.05, 4.69) is 10.2 Å². The van der Waals surface area contributed by atoms with Crippen LogP contribution in [0.1, 0.15) is 75.0 Å². The third-order valence-corrected chi connectivity index (χ3v) is 9.01. The van der Waals surface area contributed by atoms with E-state index in [4.69, 9.17) is 16.4 Å². The third-order valence-electron chi connectivity index (χ3n) is 8.03. The van der Waals surface area contributed by atoms with Crippen molar-refractivity contribution < 1.29 is 37.9 Å². The van der Waals surface area contributed by atoms with Crippen molar-refractivity contribution in [2.75, 3.05) is 6.26 Å². The first-order valence-electron chi connectivity index (χ1n) is 14.1. The smallest absolute Gasteiger partial charge is 0.339 e. The minimum absolute atomic E-state index is 0.197. The molecule has 0 radical (unpaired) electrons. The summed E-state index contributed by atoms with van der Waals surface area (Å²) in [5, 5.41) is 19.6. The van der Waals surface area contributed by atoms with Crippen molar-refractivity contribution in [2.24, 2.45) is 0 Å². The quantitative estimate of drug-likeness (QED) is 0.254. The first-order valence-corrected chi connectivity index (χ1v) is 16.3. The number of rotatable bonds is 9. The largest absolute Gasteiger partial charge is 0.507 e. The Labute approximate surface area is 259 Å². The maximum atomic E-state index is 14.3. The van der Waals surface area contributed by atoms with E-state index in [1.807, 2.05) is 0 Å². The number of nitrogens with zero attached hydrogens (tertiary/aromatic N) is 1. The number of phenols is 1. The number of carbonyl (C=O) groups is 3. The molecule has 0 aromatic heterocycles. The second kappa shape index (κ2) is 12.9. The predicted molar refractivity (Wildman–Crippen MR) is 162 cm³/mol. The Morgan fingerprint density at radius 1 is 1.05 bits per heavy atom. The number of hydrogen-bond acceptors (Lipinski definition) is 7. The predicted octanol–water partition coefficient (Wildman–Crippen LogP) is 4.13. The lowest BCUT2D eigenvalue weighted by Gasteiger charge is -2.49. The molecule has 4 atom stereocenters. The van der Waals surface area contributed by atoms with Crippen molar-refractivity contribution in [3.05, 3.63) is 99.6 Å². The summed E-state index contributed by atoms with van der Waals surface area (Å²) in [5.74, 6) is -3.54. The molecule has 0 bridgehead atoms. The Balaban J connectivity index is 1.53. The zero-order chi connectivity index (χ0) is 31.6. The molecule has 0 saturated heterocycles. The Morgan fingerprint density at radius 2 is 1.75 bits per heavy atom. The topological polar surface area (TPSA) is 162 Å². The summed E-state index contributed by atoms with van der Waals surface area (Å²) in [6, 6.07) is 15.6. The van der Waals surface area contributed by atoms with Crippen molar-refractivity contribution in [3.8, 4) is 5.75 Å². The van der Waals surface area contributed by atoms with Crippen LogP contribution in [0.15, 0.2) is 66.7 Å². The molecule has 1 saturated carbocycles. The standard InChI is InChI=1S/C31H32ClN3O8S/c1-44(41,42)34-24-8-4-5-9-25(24)35-28(19-11-13-20(32)14-12-19)27(21-6-2-3-7-22(21)30(35)38)29(37)33-43-17-18-10-15-26(36)23(16-18)31(39)40/h2-3,6-7,10-16,24-25,27-28,34,36H,4-5,8-9,17H2,1H3,(H,33,37)(H,39,40)/t24-,25-,27+,28-/m0/s1. The van der Waals surface area contributed by atoms with E-state index in [-0.39, 0.29) is 18.1 Å². The first-order chi connectivity index (χ1) is 20.9. The summed E-state index contributed by atoms with van der Waals surface area (Å²) in [6.07, 6.45) is 3.71. The molecule has 0 spiro atoms. The number of amides is 2. The third kappa shape index (κ3) is 6.73. The highest BCUT2D eigenvalue weighted by Crippen LogP contribution is 2.46. The number of aromatic hydroxyl groups is 1. The molecule has 0 unspecified atom stereocenters. The molecule has 5 rings (SSSR count).